The SMILES string of the molecule is CCOC1(NC(=O)C(F)(F)F)C=CC(N2N=C(c3ccc(OC)c(OC)c3)C(CC)CC2=O)=CC1. The lowest BCUT2D eigenvalue weighted by Crippen LogP contribution is -2.54. The van der Waals surface area contributed by atoms with E-state index in [4.69, 9.17) is 14.2 Å². The number of ether oxygens (including phenoxy) is 3. The zero-order valence-electron chi connectivity index (χ0n) is 19.9. The Bertz CT molecular complexity index is 1070. The van der Waals surface area contributed by atoms with Gasteiger partial charge in [0.25, 0.3) is 0 Å². The second kappa shape index (κ2) is 10.5. The second-order valence-corrected chi connectivity index (χ2v) is 8.01. The number of carbonyl (C=O) groups excluding carboxylic acids is 2. The van der Waals surface area contributed by atoms with Crippen molar-refractivity contribution in [1.29, 1.82) is 0 Å². The van der Waals surface area contributed by atoms with Crippen LogP contribution in [0.2, 0.25) is 0 Å². The van der Waals surface area contributed by atoms with Gasteiger partial charge in [0.05, 0.1) is 25.6 Å². The number of alkyl halides is 3. The number of hydrogen-bond acceptors (Lipinski definition) is 6. The minimum atomic E-state index is -5.06. The van der Waals surface area contributed by atoms with Gasteiger partial charge in [-0.25, -0.2) is 5.01 Å². The summed E-state index contributed by atoms with van der Waals surface area (Å²) in [5.74, 6) is -1.41. The van der Waals surface area contributed by atoms with Crippen LogP contribution in [0.5, 0.6) is 11.5 Å². The third kappa shape index (κ3) is 5.67. The van der Waals surface area contributed by atoms with Crippen LogP contribution in [-0.4, -0.2) is 55.3 Å². The summed E-state index contributed by atoms with van der Waals surface area (Å²) >= 11 is 0. The zero-order valence-corrected chi connectivity index (χ0v) is 19.9. The van der Waals surface area contributed by atoms with E-state index in [0.717, 1.165) is 5.56 Å². The summed E-state index contributed by atoms with van der Waals surface area (Å²) in [6.07, 6.45) is -0.0354. The van der Waals surface area contributed by atoms with E-state index in [1.807, 2.05) is 18.3 Å². The third-order valence-electron chi connectivity index (χ3n) is 5.79. The molecule has 1 aromatic carbocycles. The zero-order chi connectivity index (χ0) is 25.8. The highest BCUT2D eigenvalue weighted by atomic mass is 19.4. The van der Waals surface area contributed by atoms with Crippen LogP contribution in [-0.2, 0) is 14.3 Å². The van der Waals surface area contributed by atoms with Gasteiger partial charge in [-0.15, -0.1) is 0 Å². The Morgan fingerprint density at radius 1 is 1.23 bits per heavy atom. The molecule has 11 heteroatoms. The Morgan fingerprint density at radius 3 is 2.49 bits per heavy atom. The maximum Gasteiger partial charge on any atom is 0.471 e. The lowest BCUT2D eigenvalue weighted by molar-refractivity contribution is -0.180. The van der Waals surface area contributed by atoms with E-state index in [1.54, 1.807) is 19.1 Å². The summed E-state index contributed by atoms with van der Waals surface area (Å²) in [6.45, 7) is 3.63. The van der Waals surface area contributed by atoms with Crippen molar-refractivity contribution in [3.05, 3.63) is 47.7 Å². The van der Waals surface area contributed by atoms with Crippen molar-refractivity contribution in [2.45, 2.75) is 45.0 Å². The summed E-state index contributed by atoms with van der Waals surface area (Å²) in [7, 11) is 3.06. The van der Waals surface area contributed by atoms with E-state index in [0.29, 0.717) is 29.3 Å². The first-order valence-corrected chi connectivity index (χ1v) is 11.1. The Hall–Kier alpha value is -3.34. The van der Waals surface area contributed by atoms with Crippen LogP contribution in [0.25, 0.3) is 0 Å². The highest BCUT2D eigenvalue weighted by Crippen LogP contribution is 2.33. The molecule has 190 valence electrons. The number of nitrogens with one attached hydrogen (secondary N) is 1. The Morgan fingerprint density at radius 2 is 1.94 bits per heavy atom. The molecule has 0 radical (unpaired) electrons. The Labute approximate surface area is 201 Å². The number of halogens is 3. The molecule has 0 aromatic heterocycles. The molecule has 2 atom stereocenters. The molecule has 0 spiro atoms. The smallest absolute Gasteiger partial charge is 0.471 e. The topological polar surface area (TPSA) is 89.5 Å². The highest BCUT2D eigenvalue weighted by molar-refractivity contribution is 6.06. The fraction of sp³-hybridized carbons (Fsp3) is 0.458. The molecule has 2 aliphatic rings. The number of allylic oxidation sites excluding steroid dienone is 1. The van der Waals surface area contributed by atoms with Crippen molar-refractivity contribution in [1.82, 2.24) is 10.3 Å². The summed E-state index contributed by atoms with van der Waals surface area (Å²) < 4.78 is 54.6. The maximum atomic E-state index is 12.9. The quantitative estimate of drug-likeness (QED) is 0.553. The van der Waals surface area contributed by atoms with Crippen LogP contribution >= 0.6 is 0 Å². The molecule has 0 saturated carbocycles. The lowest BCUT2D eigenvalue weighted by atomic mass is 9.89. The molecule has 35 heavy (non-hydrogen) atoms. The summed E-state index contributed by atoms with van der Waals surface area (Å²) in [5.41, 5.74) is 0.132. The van der Waals surface area contributed by atoms with Crippen LogP contribution in [0, 0.1) is 5.92 Å². The molecular formula is C24H28F3N3O5. The molecule has 0 bridgehead atoms. The van der Waals surface area contributed by atoms with Crippen molar-refractivity contribution >= 4 is 17.5 Å². The van der Waals surface area contributed by atoms with Crippen LogP contribution < -0.4 is 14.8 Å². The van der Waals surface area contributed by atoms with Crippen molar-refractivity contribution in [2.24, 2.45) is 11.0 Å². The van der Waals surface area contributed by atoms with Gasteiger partial charge in [-0.05, 0) is 43.7 Å². The fourth-order valence-electron chi connectivity index (χ4n) is 3.99. The largest absolute Gasteiger partial charge is 0.493 e. The fourth-order valence-corrected chi connectivity index (χ4v) is 3.99. The number of carbonyl (C=O) groups is 2. The predicted octanol–water partition coefficient (Wildman–Crippen LogP) is 3.92. The number of nitrogens with zero attached hydrogens (tertiary/aromatic N) is 2. The minimum absolute atomic E-state index is 0.0636. The van der Waals surface area contributed by atoms with Crippen molar-refractivity contribution < 1.29 is 37.0 Å². The molecule has 8 nitrogen and oxygen atoms in total. The molecule has 1 heterocycles. The van der Waals surface area contributed by atoms with Gasteiger partial charge in [-0.2, -0.15) is 18.3 Å². The summed E-state index contributed by atoms with van der Waals surface area (Å²) in [6, 6.07) is 5.37. The second-order valence-electron chi connectivity index (χ2n) is 8.01. The number of rotatable bonds is 8. The van der Waals surface area contributed by atoms with E-state index in [2.05, 4.69) is 5.10 Å². The van der Waals surface area contributed by atoms with Crippen LogP contribution in [0.15, 0.2) is 47.2 Å². The van der Waals surface area contributed by atoms with Gasteiger partial charge in [0.1, 0.15) is 0 Å². The van der Waals surface area contributed by atoms with E-state index in [1.165, 1.54) is 37.5 Å². The van der Waals surface area contributed by atoms with Gasteiger partial charge in [0.15, 0.2) is 17.2 Å². The lowest BCUT2D eigenvalue weighted by Gasteiger charge is -2.35. The first-order valence-electron chi connectivity index (χ1n) is 11.1. The predicted molar refractivity (Wildman–Crippen MR) is 122 cm³/mol. The van der Waals surface area contributed by atoms with E-state index >= 15 is 0 Å². The third-order valence-corrected chi connectivity index (χ3v) is 5.79. The molecule has 0 saturated heterocycles. The van der Waals surface area contributed by atoms with Gasteiger partial charge in [0.2, 0.25) is 5.91 Å². The molecule has 1 aromatic rings. The Kier molecular flexibility index (Phi) is 7.89. The number of amides is 2. The van der Waals surface area contributed by atoms with Crippen LogP contribution in [0.1, 0.15) is 38.7 Å². The summed E-state index contributed by atoms with van der Waals surface area (Å²) in [5, 5.41) is 7.74. The van der Waals surface area contributed by atoms with Gasteiger partial charge < -0.3 is 19.5 Å². The summed E-state index contributed by atoms with van der Waals surface area (Å²) in [4.78, 5) is 24.4. The van der Waals surface area contributed by atoms with Gasteiger partial charge in [-0.1, -0.05) is 13.0 Å². The molecule has 3 rings (SSSR count). The number of hydrogen-bond donors (Lipinski definition) is 1. The molecule has 2 unspecified atom stereocenters. The van der Waals surface area contributed by atoms with E-state index < -0.39 is 17.8 Å². The van der Waals surface area contributed by atoms with Crippen LogP contribution in [0.4, 0.5) is 13.2 Å². The highest BCUT2D eigenvalue weighted by Gasteiger charge is 2.44. The number of methoxy groups -OCH3 is 2. The molecular weight excluding hydrogens is 467 g/mol. The number of benzene rings is 1. The standard InChI is InChI=1S/C24H28F3N3O5/c1-5-15-14-20(31)30(29-21(15)16-7-8-18(33-3)19(13-16)34-4)17-9-11-23(12-10-17,35-6-2)28-22(32)24(25,26)27/h7-11,13,15H,5-6,12,14H2,1-4H3,(H,28,32). The molecule has 2 amide bonds. The van der Waals surface area contributed by atoms with Crippen molar-refractivity contribution in [2.75, 3.05) is 20.8 Å². The van der Waals surface area contributed by atoms with Crippen molar-refractivity contribution in [3.8, 4) is 11.5 Å². The maximum absolute atomic E-state index is 12.9. The average molecular weight is 495 g/mol. The van der Waals surface area contributed by atoms with E-state index in [-0.39, 0.29) is 31.3 Å². The van der Waals surface area contributed by atoms with Crippen molar-refractivity contribution in [3.63, 3.8) is 0 Å². The van der Waals surface area contributed by atoms with Gasteiger partial charge in [-0.3, -0.25) is 9.59 Å². The normalized spacial score (nSPS) is 22.4. The van der Waals surface area contributed by atoms with Gasteiger partial charge in [0, 0.05) is 30.9 Å². The molecule has 1 aliphatic carbocycles. The Balaban J connectivity index is 1.93. The minimum Gasteiger partial charge on any atom is -0.493 e. The molecule has 1 aliphatic heterocycles. The molecule has 1 N–H and O–H groups in total. The first kappa shape index (κ1) is 26.3. The number of hydrazone groups is 1. The van der Waals surface area contributed by atoms with Gasteiger partial charge >= 0.3 is 12.1 Å². The molecule has 0 fully saturated rings. The average Bonchev–Trinajstić information content (AvgIpc) is 2.83. The monoisotopic (exact) mass is 495 g/mol. The van der Waals surface area contributed by atoms with E-state index in [9.17, 15) is 22.8 Å². The van der Waals surface area contributed by atoms with Crippen LogP contribution in [0.3, 0.4) is 0 Å². The first-order chi connectivity index (χ1) is 16.6.